The van der Waals surface area contributed by atoms with Crippen molar-refractivity contribution in [2.24, 2.45) is 0 Å². The van der Waals surface area contributed by atoms with Crippen LogP contribution in [0.2, 0.25) is 0 Å². The van der Waals surface area contributed by atoms with Crippen molar-refractivity contribution in [2.45, 2.75) is 6.54 Å². The van der Waals surface area contributed by atoms with Gasteiger partial charge in [-0.25, -0.2) is 0 Å². The Labute approximate surface area is 166 Å². The average molecular weight is 400 g/mol. The topological polar surface area (TPSA) is 109 Å². The second-order valence-electron chi connectivity index (χ2n) is 6.03. The van der Waals surface area contributed by atoms with Crippen LogP contribution in [0.1, 0.15) is 16.1 Å². The van der Waals surface area contributed by atoms with Gasteiger partial charge in [0.15, 0.2) is 11.5 Å². The number of carbonyl (C=O) groups excluding carboxylic acids is 1. The van der Waals surface area contributed by atoms with Crippen molar-refractivity contribution in [3.63, 3.8) is 0 Å². The van der Waals surface area contributed by atoms with Crippen LogP contribution < -0.4 is 18.9 Å². The standard InChI is InChI=1S/C20H20N2O7/c1-26-12-5-6-13-14(9-12)22(10-17(23)24)21-18(13)19(25)11-7-15(27-2)20(29-4)16(8-11)28-3/h5-9H,10H2,1-4H3,(H,23,24). The van der Waals surface area contributed by atoms with Gasteiger partial charge in [-0.3, -0.25) is 14.3 Å². The van der Waals surface area contributed by atoms with Crippen molar-refractivity contribution >= 4 is 22.7 Å². The van der Waals surface area contributed by atoms with Gasteiger partial charge in [0.1, 0.15) is 18.0 Å². The van der Waals surface area contributed by atoms with E-state index >= 15 is 0 Å². The van der Waals surface area contributed by atoms with Gasteiger partial charge in [-0.1, -0.05) is 0 Å². The van der Waals surface area contributed by atoms with Gasteiger partial charge in [0.2, 0.25) is 11.5 Å². The lowest BCUT2D eigenvalue weighted by Gasteiger charge is -2.13. The fourth-order valence-corrected chi connectivity index (χ4v) is 3.05. The van der Waals surface area contributed by atoms with E-state index in [1.165, 1.54) is 45.3 Å². The first kappa shape index (κ1) is 20.0. The smallest absolute Gasteiger partial charge is 0.325 e. The Balaban J connectivity index is 2.18. The van der Waals surface area contributed by atoms with Gasteiger partial charge in [-0.15, -0.1) is 0 Å². The van der Waals surface area contributed by atoms with E-state index < -0.39 is 18.3 Å². The maximum absolute atomic E-state index is 13.2. The Hall–Kier alpha value is -3.75. The molecule has 0 atom stereocenters. The number of hydrogen-bond acceptors (Lipinski definition) is 7. The summed E-state index contributed by atoms with van der Waals surface area (Å²) in [6.45, 7) is -0.397. The van der Waals surface area contributed by atoms with Gasteiger partial charge < -0.3 is 24.1 Å². The van der Waals surface area contributed by atoms with Gasteiger partial charge in [0.05, 0.1) is 34.0 Å². The molecule has 9 heteroatoms. The third kappa shape index (κ3) is 3.66. The summed E-state index contributed by atoms with van der Waals surface area (Å²) in [6.07, 6.45) is 0. The molecule has 29 heavy (non-hydrogen) atoms. The summed E-state index contributed by atoms with van der Waals surface area (Å²) in [5.74, 6) is 0.0400. The summed E-state index contributed by atoms with van der Waals surface area (Å²) < 4.78 is 22.3. The molecule has 0 amide bonds. The van der Waals surface area contributed by atoms with Crippen molar-refractivity contribution in [1.29, 1.82) is 0 Å². The molecule has 0 unspecified atom stereocenters. The van der Waals surface area contributed by atoms with Crippen LogP contribution in [0.4, 0.5) is 0 Å². The predicted molar refractivity (Wildman–Crippen MR) is 103 cm³/mol. The fourth-order valence-electron chi connectivity index (χ4n) is 3.05. The SMILES string of the molecule is COc1ccc2c(C(=O)c3cc(OC)c(OC)c(OC)c3)nn(CC(=O)O)c2c1. The lowest BCUT2D eigenvalue weighted by molar-refractivity contribution is -0.137. The largest absolute Gasteiger partial charge is 0.497 e. The van der Waals surface area contributed by atoms with Crippen molar-refractivity contribution in [3.8, 4) is 23.0 Å². The molecule has 0 saturated heterocycles. The van der Waals surface area contributed by atoms with Crippen LogP contribution in [0.3, 0.4) is 0 Å². The summed E-state index contributed by atoms with van der Waals surface area (Å²) in [5.41, 5.74) is 0.845. The Morgan fingerprint density at radius 2 is 1.62 bits per heavy atom. The predicted octanol–water partition coefficient (Wildman–Crippen LogP) is 2.39. The third-order valence-corrected chi connectivity index (χ3v) is 4.39. The maximum Gasteiger partial charge on any atom is 0.325 e. The first-order chi connectivity index (χ1) is 13.9. The number of hydrogen-bond donors (Lipinski definition) is 1. The van der Waals surface area contributed by atoms with Crippen molar-refractivity contribution in [3.05, 3.63) is 41.6 Å². The van der Waals surface area contributed by atoms with E-state index in [1.54, 1.807) is 18.2 Å². The number of carboxylic acids is 1. The molecule has 1 heterocycles. The fraction of sp³-hybridized carbons (Fsp3) is 0.250. The normalized spacial score (nSPS) is 10.6. The van der Waals surface area contributed by atoms with Crippen molar-refractivity contribution in [2.75, 3.05) is 28.4 Å². The van der Waals surface area contributed by atoms with Crippen LogP contribution in [0.25, 0.3) is 10.9 Å². The molecule has 3 aromatic rings. The van der Waals surface area contributed by atoms with Crippen LogP contribution in [0, 0.1) is 0 Å². The highest BCUT2D eigenvalue weighted by Crippen LogP contribution is 2.39. The minimum Gasteiger partial charge on any atom is -0.497 e. The molecule has 2 aromatic carbocycles. The second kappa shape index (κ2) is 8.09. The lowest BCUT2D eigenvalue weighted by Crippen LogP contribution is -2.11. The molecule has 0 saturated carbocycles. The molecule has 0 aliphatic heterocycles. The zero-order chi connectivity index (χ0) is 21.1. The van der Waals surface area contributed by atoms with E-state index in [4.69, 9.17) is 18.9 Å². The highest BCUT2D eigenvalue weighted by Gasteiger charge is 2.23. The number of carbonyl (C=O) groups is 2. The minimum absolute atomic E-state index is 0.109. The Kier molecular flexibility index (Phi) is 5.58. The number of benzene rings is 2. The number of aromatic nitrogens is 2. The van der Waals surface area contributed by atoms with Gasteiger partial charge in [-0.05, 0) is 24.3 Å². The molecule has 0 spiro atoms. The first-order valence-corrected chi connectivity index (χ1v) is 8.54. The molecule has 0 radical (unpaired) electrons. The van der Waals surface area contributed by atoms with E-state index in [-0.39, 0.29) is 11.3 Å². The van der Waals surface area contributed by atoms with Crippen LogP contribution >= 0.6 is 0 Å². The number of rotatable bonds is 8. The highest BCUT2D eigenvalue weighted by atomic mass is 16.5. The van der Waals surface area contributed by atoms with E-state index in [9.17, 15) is 14.7 Å². The highest BCUT2D eigenvalue weighted by molar-refractivity contribution is 6.15. The average Bonchev–Trinajstić information content (AvgIpc) is 3.08. The molecular weight excluding hydrogens is 380 g/mol. The molecule has 1 N–H and O–H groups in total. The molecular formula is C20H20N2O7. The molecule has 0 bridgehead atoms. The quantitative estimate of drug-likeness (QED) is 0.574. The summed E-state index contributed by atoms with van der Waals surface area (Å²) in [6, 6.07) is 8.04. The van der Waals surface area contributed by atoms with Crippen LogP contribution in [0.15, 0.2) is 30.3 Å². The molecule has 0 aliphatic rings. The van der Waals surface area contributed by atoms with Crippen molar-refractivity contribution in [1.82, 2.24) is 9.78 Å². The summed E-state index contributed by atoms with van der Waals surface area (Å²) in [5, 5.41) is 13.9. The maximum atomic E-state index is 13.2. The number of aliphatic carboxylic acids is 1. The van der Waals surface area contributed by atoms with Crippen molar-refractivity contribution < 1.29 is 33.6 Å². The second-order valence-corrected chi connectivity index (χ2v) is 6.03. The number of methoxy groups -OCH3 is 4. The number of ether oxygens (including phenoxy) is 4. The van der Waals surface area contributed by atoms with E-state index in [1.807, 2.05) is 0 Å². The monoisotopic (exact) mass is 400 g/mol. The number of ketones is 1. The molecule has 1 aromatic heterocycles. The lowest BCUT2D eigenvalue weighted by atomic mass is 10.0. The van der Waals surface area contributed by atoms with E-state index in [2.05, 4.69) is 5.10 Å². The molecule has 0 aliphatic carbocycles. The van der Waals surface area contributed by atoms with Crippen LogP contribution in [0.5, 0.6) is 23.0 Å². The Bertz CT molecular complexity index is 1060. The Morgan fingerprint density at radius 1 is 0.966 bits per heavy atom. The molecule has 9 nitrogen and oxygen atoms in total. The zero-order valence-corrected chi connectivity index (χ0v) is 16.4. The number of carboxylic acid groups (broad SMARTS) is 1. The molecule has 152 valence electrons. The van der Waals surface area contributed by atoms with Crippen LogP contribution in [-0.2, 0) is 11.3 Å². The van der Waals surface area contributed by atoms with Gasteiger partial charge >= 0.3 is 5.97 Å². The van der Waals surface area contributed by atoms with Crippen LogP contribution in [-0.4, -0.2) is 55.1 Å². The summed E-state index contributed by atoms with van der Waals surface area (Å²) >= 11 is 0. The molecule has 3 rings (SSSR count). The minimum atomic E-state index is -1.08. The number of nitrogens with zero attached hydrogens (tertiary/aromatic N) is 2. The summed E-state index contributed by atoms with van der Waals surface area (Å²) in [4.78, 5) is 24.5. The number of fused-ring (bicyclic) bond motifs is 1. The van der Waals surface area contributed by atoms with Gasteiger partial charge in [0, 0.05) is 17.0 Å². The third-order valence-electron chi connectivity index (χ3n) is 4.39. The zero-order valence-electron chi connectivity index (χ0n) is 16.4. The Morgan fingerprint density at radius 3 is 2.14 bits per heavy atom. The van der Waals surface area contributed by atoms with E-state index in [0.717, 1.165) is 0 Å². The van der Waals surface area contributed by atoms with Gasteiger partial charge in [0.25, 0.3) is 0 Å². The first-order valence-electron chi connectivity index (χ1n) is 8.54. The van der Waals surface area contributed by atoms with E-state index in [0.29, 0.717) is 33.9 Å². The molecule has 0 fully saturated rings. The van der Waals surface area contributed by atoms with Gasteiger partial charge in [-0.2, -0.15) is 5.10 Å². The summed E-state index contributed by atoms with van der Waals surface area (Å²) in [7, 11) is 5.88.